The molecule has 0 saturated heterocycles. The Morgan fingerprint density at radius 1 is 1.15 bits per heavy atom. The molecule has 6 nitrogen and oxygen atoms in total. The van der Waals surface area contributed by atoms with Gasteiger partial charge in [-0.3, -0.25) is 4.79 Å². The van der Waals surface area contributed by atoms with Crippen molar-refractivity contribution in [3.63, 3.8) is 0 Å². The Morgan fingerprint density at radius 3 is 2.59 bits per heavy atom. The summed E-state index contributed by atoms with van der Waals surface area (Å²) in [5, 5.41) is 7.99. The maximum absolute atomic E-state index is 12.5. The quantitative estimate of drug-likeness (QED) is 0.715. The summed E-state index contributed by atoms with van der Waals surface area (Å²) in [7, 11) is 3.18. The first-order chi connectivity index (χ1) is 12.9. The van der Waals surface area contributed by atoms with E-state index in [2.05, 4.69) is 10.5 Å². The van der Waals surface area contributed by atoms with Crippen molar-refractivity contribution in [1.29, 1.82) is 0 Å². The zero-order valence-corrected chi connectivity index (χ0v) is 16.3. The number of methoxy groups -OCH3 is 2. The molecule has 6 heteroatoms. The van der Waals surface area contributed by atoms with Crippen LogP contribution in [0.15, 0.2) is 34.9 Å². The topological polar surface area (TPSA) is 73.6 Å². The molecule has 1 atom stereocenters. The molecule has 0 bridgehead atoms. The lowest BCUT2D eigenvalue weighted by molar-refractivity contribution is -0.121. The van der Waals surface area contributed by atoms with Gasteiger partial charge in [0.15, 0.2) is 17.1 Å². The first-order valence-corrected chi connectivity index (χ1v) is 8.79. The highest BCUT2D eigenvalue weighted by Crippen LogP contribution is 2.30. The van der Waals surface area contributed by atoms with Crippen molar-refractivity contribution in [2.75, 3.05) is 14.2 Å². The van der Waals surface area contributed by atoms with Gasteiger partial charge in [-0.05, 0) is 55.7 Å². The highest BCUT2D eigenvalue weighted by atomic mass is 16.5. The van der Waals surface area contributed by atoms with Gasteiger partial charge in [-0.25, -0.2) is 0 Å². The van der Waals surface area contributed by atoms with E-state index in [1.54, 1.807) is 14.2 Å². The number of aromatic nitrogens is 1. The number of amides is 1. The highest BCUT2D eigenvalue weighted by molar-refractivity contribution is 5.88. The Hall–Kier alpha value is -3.02. The minimum atomic E-state index is -0.182. The second kappa shape index (κ2) is 7.70. The zero-order chi connectivity index (χ0) is 19.6. The third kappa shape index (κ3) is 3.89. The van der Waals surface area contributed by atoms with Gasteiger partial charge in [-0.15, -0.1) is 0 Å². The van der Waals surface area contributed by atoms with Crippen molar-refractivity contribution in [2.24, 2.45) is 0 Å². The van der Waals surface area contributed by atoms with Crippen LogP contribution in [-0.4, -0.2) is 25.3 Å². The molecule has 0 saturated carbocycles. The van der Waals surface area contributed by atoms with Crippen molar-refractivity contribution < 1.29 is 18.8 Å². The molecule has 1 N–H and O–H groups in total. The molecule has 0 aliphatic heterocycles. The molecule has 0 radical (unpaired) electrons. The standard InChI is InChI=1S/C21H24N2O4/c1-12-8-13(2)21-16(9-12)17(23-27-21)11-20(24)22-14(3)15-6-7-18(25-4)19(10-15)26-5/h6-10,14H,11H2,1-5H3,(H,22,24). The van der Waals surface area contributed by atoms with Gasteiger partial charge in [0, 0.05) is 5.39 Å². The van der Waals surface area contributed by atoms with E-state index >= 15 is 0 Å². The normalized spacial score (nSPS) is 12.0. The zero-order valence-electron chi connectivity index (χ0n) is 16.3. The fourth-order valence-corrected chi connectivity index (χ4v) is 3.22. The van der Waals surface area contributed by atoms with E-state index in [0.717, 1.165) is 27.7 Å². The molecule has 27 heavy (non-hydrogen) atoms. The molecule has 2 aromatic carbocycles. The summed E-state index contributed by atoms with van der Waals surface area (Å²) in [6.45, 7) is 5.92. The van der Waals surface area contributed by atoms with E-state index in [1.165, 1.54) is 0 Å². The Kier molecular flexibility index (Phi) is 5.35. The summed E-state index contributed by atoms with van der Waals surface area (Å²) in [6, 6.07) is 9.45. The van der Waals surface area contributed by atoms with Gasteiger partial charge in [0.1, 0.15) is 5.69 Å². The van der Waals surface area contributed by atoms with Gasteiger partial charge in [0.25, 0.3) is 0 Å². The molecular formula is C21H24N2O4. The Labute approximate surface area is 158 Å². The average molecular weight is 368 g/mol. The number of rotatable bonds is 6. The van der Waals surface area contributed by atoms with Crippen molar-refractivity contribution >= 4 is 16.9 Å². The number of nitrogens with one attached hydrogen (secondary N) is 1. The number of nitrogens with zero attached hydrogens (tertiary/aromatic N) is 1. The van der Waals surface area contributed by atoms with E-state index in [1.807, 2.05) is 51.1 Å². The van der Waals surface area contributed by atoms with Gasteiger partial charge in [-0.2, -0.15) is 0 Å². The van der Waals surface area contributed by atoms with Crippen molar-refractivity contribution in [3.05, 3.63) is 52.7 Å². The molecule has 3 aromatic rings. The molecule has 0 fully saturated rings. The van der Waals surface area contributed by atoms with Crippen LogP contribution < -0.4 is 14.8 Å². The van der Waals surface area contributed by atoms with Crippen molar-refractivity contribution in [2.45, 2.75) is 33.2 Å². The largest absolute Gasteiger partial charge is 0.493 e. The number of aryl methyl sites for hydroxylation is 2. The van der Waals surface area contributed by atoms with Gasteiger partial charge in [0.05, 0.1) is 26.7 Å². The Morgan fingerprint density at radius 2 is 1.89 bits per heavy atom. The van der Waals surface area contributed by atoms with Gasteiger partial charge >= 0.3 is 0 Å². The molecule has 1 unspecified atom stereocenters. The molecule has 1 heterocycles. The Bertz CT molecular complexity index is 978. The predicted octanol–water partition coefficient (Wildman–Crippen LogP) is 3.88. The number of carbonyl (C=O) groups is 1. The van der Waals surface area contributed by atoms with E-state index < -0.39 is 0 Å². The summed E-state index contributed by atoms with van der Waals surface area (Å²) in [4.78, 5) is 12.5. The van der Waals surface area contributed by atoms with E-state index in [9.17, 15) is 4.79 Å². The van der Waals surface area contributed by atoms with Crippen LogP contribution in [0.1, 0.15) is 35.3 Å². The molecule has 1 aromatic heterocycles. The van der Waals surface area contributed by atoms with Gasteiger partial charge in [0.2, 0.25) is 5.91 Å². The summed E-state index contributed by atoms with van der Waals surface area (Å²) >= 11 is 0. The lowest BCUT2D eigenvalue weighted by atomic mass is 10.1. The number of hydrogen-bond donors (Lipinski definition) is 1. The number of ether oxygens (including phenoxy) is 2. The van der Waals surface area contributed by atoms with Crippen LogP contribution in [0.4, 0.5) is 0 Å². The number of benzene rings is 2. The molecule has 0 aliphatic rings. The van der Waals surface area contributed by atoms with E-state index in [0.29, 0.717) is 17.2 Å². The lowest BCUT2D eigenvalue weighted by Crippen LogP contribution is -2.28. The lowest BCUT2D eigenvalue weighted by Gasteiger charge is -2.16. The minimum absolute atomic E-state index is 0.119. The number of carbonyl (C=O) groups excluding carboxylic acids is 1. The fourth-order valence-electron chi connectivity index (χ4n) is 3.22. The number of hydrogen-bond acceptors (Lipinski definition) is 5. The van der Waals surface area contributed by atoms with Crippen LogP contribution in [-0.2, 0) is 11.2 Å². The fraction of sp³-hybridized carbons (Fsp3) is 0.333. The van der Waals surface area contributed by atoms with Crippen LogP contribution in [0.25, 0.3) is 11.0 Å². The third-order valence-corrected chi connectivity index (χ3v) is 4.59. The second-order valence-corrected chi connectivity index (χ2v) is 6.67. The van der Waals surface area contributed by atoms with Crippen LogP contribution in [0, 0.1) is 13.8 Å². The minimum Gasteiger partial charge on any atom is -0.493 e. The molecular weight excluding hydrogens is 344 g/mol. The average Bonchev–Trinajstić information content (AvgIpc) is 3.03. The SMILES string of the molecule is COc1ccc(C(C)NC(=O)Cc2noc3c(C)cc(C)cc23)cc1OC. The second-order valence-electron chi connectivity index (χ2n) is 6.67. The van der Waals surface area contributed by atoms with E-state index in [4.69, 9.17) is 14.0 Å². The van der Waals surface area contributed by atoms with Crippen molar-refractivity contribution in [3.8, 4) is 11.5 Å². The number of fused-ring (bicyclic) bond motifs is 1. The third-order valence-electron chi connectivity index (χ3n) is 4.59. The predicted molar refractivity (Wildman–Crippen MR) is 103 cm³/mol. The van der Waals surface area contributed by atoms with Crippen molar-refractivity contribution in [1.82, 2.24) is 10.5 Å². The van der Waals surface area contributed by atoms with Crippen LogP contribution >= 0.6 is 0 Å². The molecule has 142 valence electrons. The first kappa shape index (κ1) is 18.8. The maximum atomic E-state index is 12.5. The van der Waals surface area contributed by atoms with Crippen LogP contribution in [0.5, 0.6) is 11.5 Å². The monoisotopic (exact) mass is 368 g/mol. The first-order valence-electron chi connectivity index (χ1n) is 8.79. The maximum Gasteiger partial charge on any atom is 0.226 e. The summed E-state index contributed by atoms with van der Waals surface area (Å²) in [5.74, 6) is 1.16. The van der Waals surface area contributed by atoms with Gasteiger partial charge < -0.3 is 19.3 Å². The molecule has 0 spiro atoms. The summed E-state index contributed by atoms with van der Waals surface area (Å²) in [6.07, 6.45) is 0.160. The smallest absolute Gasteiger partial charge is 0.226 e. The molecule has 0 aliphatic carbocycles. The van der Waals surface area contributed by atoms with Gasteiger partial charge in [-0.1, -0.05) is 17.3 Å². The van der Waals surface area contributed by atoms with Crippen LogP contribution in [0.3, 0.4) is 0 Å². The highest BCUT2D eigenvalue weighted by Gasteiger charge is 2.17. The molecule has 3 rings (SSSR count). The summed E-state index contributed by atoms with van der Waals surface area (Å²) < 4.78 is 16.0. The van der Waals surface area contributed by atoms with Crippen LogP contribution in [0.2, 0.25) is 0 Å². The molecule has 1 amide bonds. The van der Waals surface area contributed by atoms with E-state index in [-0.39, 0.29) is 18.4 Å². The Balaban J connectivity index is 1.74. The summed E-state index contributed by atoms with van der Waals surface area (Å²) in [5.41, 5.74) is 4.44.